The van der Waals surface area contributed by atoms with Gasteiger partial charge in [-0.2, -0.15) is 0 Å². The van der Waals surface area contributed by atoms with Crippen LogP contribution in [-0.2, 0) is 22.6 Å². The van der Waals surface area contributed by atoms with E-state index in [1.165, 1.54) is 29.3 Å². The Bertz CT molecular complexity index is 1800. The zero-order chi connectivity index (χ0) is 29.4. The van der Waals surface area contributed by atoms with Gasteiger partial charge in [-0.25, -0.2) is 14.8 Å². The third-order valence-corrected chi connectivity index (χ3v) is 7.79. The third kappa shape index (κ3) is 5.18. The number of carbonyl (C=O) groups excluding carboxylic acids is 1. The van der Waals surface area contributed by atoms with Crippen LogP contribution >= 0.6 is 0 Å². The number of aliphatic carboxylic acids is 2. The van der Waals surface area contributed by atoms with Gasteiger partial charge in [0.05, 0.1) is 17.3 Å². The van der Waals surface area contributed by atoms with Gasteiger partial charge in [0, 0.05) is 29.6 Å². The zero-order valence-corrected chi connectivity index (χ0v) is 22.6. The maximum Gasteiger partial charge on any atom is 0.326 e. The van der Waals surface area contributed by atoms with Crippen LogP contribution in [0, 0.1) is 0 Å². The van der Waals surface area contributed by atoms with Crippen LogP contribution in [0.1, 0.15) is 54.2 Å². The zero-order valence-electron chi connectivity index (χ0n) is 22.6. The van der Waals surface area contributed by atoms with E-state index in [1.807, 2.05) is 6.07 Å². The number of aromatic nitrogens is 4. The molecule has 1 aliphatic rings. The highest BCUT2D eigenvalue weighted by molar-refractivity contribution is 5.97. The summed E-state index contributed by atoms with van der Waals surface area (Å²) in [7, 11) is 0. The van der Waals surface area contributed by atoms with Crippen molar-refractivity contribution in [3.8, 4) is 17.1 Å². The molecule has 4 N–H and O–H groups in total. The lowest BCUT2D eigenvalue weighted by Crippen LogP contribution is -2.42. The van der Waals surface area contributed by atoms with Crippen LogP contribution in [0.3, 0.4) is 0 Å². The fraction of sp³-hybridized carbons (Fsp3) is 0.300. The van der Waals surface area contributed by atoms with Gasteiger partial charge in [0.25, 0.3) is 5.91 Å². The molecule has 1 amide bonds. The number of imidazole rings is 1. The number of pyridine rings is 1. The van der Waals surface area contributed by atoms with E-state index in [0.29, 0.717) is 27.9 Å². The Kier molecular flexibility index (Phi) is 7.11. The number of nitrogens with one attached hydrogen (secondary N) is 1. The first-order valence-electron chi connectivity index (χ1n) is 13.8. The number of phenolic OH excluding ortho intramolecular Hbond substituents is 1. The van der Waals surface area contributed by atoms with Gasteiger partial charge in [-0.15, -0.1) is 0 Å². The molecule has 0 radical (unpaired) electrons. The van der Waals surface area contributed by atoms with Gasteiger partial charge < -0.3 is 34.2 Å². The standard InChI is InChI=1S/C30H29N5O7/c36-20-6-8-24-21(13-20)18(14-34(24)15-26(37)38)12-23(30(40)41)32-29(39)22-7-9-25-27(31-22)33-28(17-10-11-42-16-17)35(25)19-4-2-1-3-5-19/h6-11,13-14,16,19,23,36H,1-5,12,15H2,(H,32,39)(H,37,38)(H,40,41)/t23-/m0/s1. The highest BCUT2D eigenvalue weighted by Gasteiger charge is 2.27. The molecule has 1 aliphatic carbocycles. The number of carboxylic acid groups (broad SMARTS) is 2. The normalized spacial score (nSPS) is 14.8. The number of rotatable bonds is 9. The topological polar surface area (TPSA) is 173 Å². The van der Waals surface area contributed by atoms with Crippen molar-refractivity contribution in [2.75, 3.05) is 0 Å². The summed E-state index contributed by atoms with van der Waals surface area (Å²) in [5, 5.41) is 32.3. The molecule has 4 heterocycles. The van der Waals surface area contributed by atoms with Crippen LogP contribution < -0.4 is 5.32 Å². The second-order valence-electron chi connectivity index (χ2n) is 10.6. The molecule has 0 bridgehead atoms. The molecular formula is C30H29N5O7. The van der Waals surface area contributed by atoms with Crippen LogP contribution in [0.4, 0.5) is 0 Å². The van der Waals surface area contributed by atoms with E-state index in [1.54, 1.807) is 30.7 Å². The summed E-state index contributed by atoms with van der Waals surface area (Å²) >= 11 is 0. The van der Waals surface area contributed by atoms with Crippen LogP contribution in [-0.4, -0.2) is 58.3 Å². The fourth-order valence-electron chi connectivity index (χ4n) is 5.86. The van der Waals surface area contributed by atoms with Crippen molar-refractivity contribution < 1.29 is 34.1 Å². The number of carbonyl (C=O) groups is 3. The molecule has 1 fully saturated rings. The Morgan fingerprint density at radius 3 is 2.52 bits per heavy atom. The lowest BCUT2D eigenvalue weighted by Gasteiger charge is -2.25. The van der Waals surface area contributed by atoms with Crippen LogP contribution in [0.5, 0.6) is 5.75 Å². The van der Waals surface area contributed by atoms with Crippen molar-refractivity contribution in [2.45, 2.75) is 57.2 Å². The van der Waals surface area contributed by atoms with Crippen molar-refractivity contribution in [1.29, 1.82) is 0 Å². The van der Waals surface area contributed by atoms with Gasteiger partial charge >= 0.3 is 11.9 Å². The summed E-state index contributed by atoms with van der Waals surface area (Å²) in [6.45, 7) is -0.344. The van der Waals surface area contributed by atoms with E-state index in [2.05, 4.69) is 14.9 Å². The number of hydrogen-bond acceptors (Lipinski definition) is 7. The summed E-state index contributed by atoms with van der Waals surface area (Å²) in [4.78, 5) is 46.1. The number of phenols is 1. The second-order valence-corrected chi connectivity index (χ2v) is 10.6. The lowest BCUT2D eigenvalue weighted by atomic mass is 9.95. The molecule has 12 heteroatoms. The van der Waals surface area contributed by atoms with Crippen molar-refractivity contribution in [1.82, 2.24) is 24.4 Å². The van der Waals surface area contributed by atoms with E-state index >= 15 is 0 Å². The first-order valence-corrected chi connectivity index (χ1v) is 13.8. The van der Waals surface area contributed by atoms with Gasteiger partial charge in [0.2, 0.25) is 0 Å². The molecule has 4 aromatic heterocycles. The molecule has 12 nitrogen and oxygen atoms in total. The number of amides is 1. The molecule has 6 rings (SSSR count). The third-order valence-electron chi connectivity index (χ3n) is 7.79. The molecule has 0 spiro atoms. The summed E-state index contributed by atoms with van der Waals surface area (Å²) in [5.74, 6) is -2.36. The number of carboxylic acids is 2. The van der Waals surface area contributed by atoms with Gasteiger partial charge in [-0.3, -0.25) is 9.59 Å². The Morgan fingerprint density at radius 1 is 1.02 bits per heavy atom. The number of aromatic hydroxyl groups is 1. The molecule has 0 aliphatic heterocycles. The highest BCUT2D eigenvalue weighted by Crippen LogP contribution is 2.35. The monoisotopic (exact) mass is 571 g/mol. The van der Waals surface area contributed by atoms with Crippen LogP contribution in [0.15, 0.2) is 59.5 Å². The number of furan rings is 1. The molecular weight excluding hydrogens is 542 g/mol. The van der Waals surface area contributed by atoms with E-state index in [0.717, 1.165) is 36.8 Å². The van der Waals surface area contributed by atoms with E-state index in [4.69, 9.17) is 9.40 Å². The average Bonchev–Trinajstić information content (AvgIpc) is 3.70. The number of fused-ring (bicyclic) bond motifs is 2. The van der Waals surface area contributed by atoms with Crippen molar-refractivity contribution in [3.63, 3.8) is 0 Å². The molecule has 1 saturated carbocycles. The minimum atomic E-state index is -1.34. The lowest BCUT2D eigenvalue weighted by molar-refractivity contribution is -0.139. The Labute approximate surface area is 239 Å². The molecule has 5 aromatic rings. The van der Waals surface area contributed by atoms with Crippen LogP contribution in [0.25, 0.3) is 33.5 Å². The summed E-state index contributed by atoms with van der Waals surface area (Å²) < 4.78 is 8.92. The SMILES string of the molecule is O=C(O)Cn1cc(C[C@H](NC(=O)c2ccc3c(n2)nc(-c2ccoc2)n3C2CCCCC2)C(=O)O)c2cc(O)ccc21. The molecule has 0 saturated heterocycles. The average molecular weight is 572 g/mol. The first-order chi connectivity index (χ1) is 20.3. The summed E-state index contributed by atoms with van der Waals surface area (Å²) in [6.07, 6.45) is 10.1. The summed E-state index contributed by atoms with van der Waals surface area (Å²) in [6, 6.07) is 8.52. The largest absolute Gasteiger partial charge is 0.508 e. The summed E-state index contributed by atoms with van der Waals surface area (Å²) in [5.41, 5.74) is 2.98. The second kappa shape index (κ2) is 11.0. The predicted molar refractivity (Wildman–Crippen MR) is 151 cm³/mol. The van der Waals surface area contributed by atoms with Gasteiger partial charge in [-0.05, 0) is 54.8 Å². The van der Waals surface area contributed by atoms with Crippen molar-refractivity contribution in [3.05, 3.63) is 66.4 Å². The van der Waals surface area contributed by atoms with E-state index in [-0.39, 0.29) is 30.5 Å². The fourth-order valence-corrected chi connectivity index (χ4v) is 5.86. The maximum absolute atomic E-state index is 13.3. The first kappa shape index (κ1) is 27.1. The van der Waals surface area contributed by atoms with E-state index in [9.17, 15) is 29.7 Å². The minimum absolute atomic E-state index is 0.0201. The Morgan fingerprint density at radius 2 is 1.81 bits per heavy atom. The minimum Gasteiger partial charge on any atom is -0.508 e. The molecule has 1 aromatic carbocycles. The van der Waals surface area contributed by atoms with Gasteiger partial charge in [0.15, 0.2) is 5.65 Å². The molecule has 1 atom stereocenters. The van der Waals surface area contributed by atoms with E-state index < -0.39 is 23.9 Å². The molecule has 216 valence electrons. The quantitative estimate of drug-likeness (QED) is 0.200. The Balaban J connectivity index is 1.30. The molecule has 42 heavy (non-hydrogen) atoms. The van der Waals surface area contributed by atoms with Crippen molar-refractivity contribution in [2.24, 2.45) is 0 Å². The maximum atomic E-state index is 13.3. The van der Waals surface area contributed by atoms with Crippen LogP contribution in [0.2, 0.25) is 0 Å². The smallest absolute Gasteiger partial charge is 0.326 e. The van der Waals surface area contributed by atoms with Gasteiger partial charge in [0.1, 0.15) is 36.1 Å². The Hall–Kier alpha value is -5.13. The number of benzene rings is 1. The highest BCUT2D eigenvalue weighted by atomic mass is 16.4. The van der Waals surface area contributed by atoms with Gasteiger partial charge in [-0.1, -0.05) is 19.3 Å². The van der Waals surface area contributed by atoms with Crippen molar-refractivity contribution >= 4 is 39.9 Å². The number of hydrogen-bond donors (Lipinski definition) is 4. The predicted octanol–water partition coefficient (Wildman–Crippen LogP) is 4.37. The number of nitrogens with zero attached hydrogens (tertiary/aromatic N) is 4. The molecule has 0 unspecified atom stereocenters.